The average Bonchev–Trinajstić information content (AvgIpc) is 2.25. The smallest absolute Gasteiger partial charge is 0.177 e. The van der Waals surface area contributed by atoms with Crippen LogP contribution in [0.25, 0.3) is 0 Å². The molecule has 0 aromatic rings. The quantitative estimate of drug-likeness (QED) is 0.480. The lowest BCUT2D eigenvalue weighted by molar-refractivity contribution is -0.115. The van der Waals surface area contributed by atoms with Crippen molar-refractivity contribution in [1.29, 1.82) is 0 Å². The van der Waals surface area contributed by atoms with Gasteiger partial charge in [-0.05, 0) is 21.0 Å². The number of ketones is 1. The van der Waals surface area contributed by atoms with Crippen LogP contribution in [0.3, 0.4) is 0 Å². The van der Waals surface area contributed by atoms with Crippen molar-refractivity contribution >= 4 is 41.0 Å². The number of nitrogens with zero attached hydrogens (tertiary/aromatic N) is 1. The Morgan fingerprint density at radius 2 is 2.00 bits per heavy atom. The first-order chi connectivity index (χ1) is 7.32. The fourth-order valence-electron chi connectivity index (χ4n) is 1.33. The highest BCUT2D eigenvalue weighted by Crippen LogP contribution is 2.28. The van der Waals surface area contributed by atoms with Crippen LogP contribution in [0.5, 0.6) is 0 Å². The third kappa shape index (κ3) is 4.07. The SMILES string of the molecule is CN(C)CC(=O)C1=C(S)C=CC(C)(I)C=C1. The topological polar surface area (TPSA) is 20.3 Å². The van der Waals surface area contributed by atoms with Gasteiger partial charge < -0.3 is 4.90 Å². The maximum absolute atomic E-state index is 11.9. The van der Waals surface area contributed by atoms with Crippen LogP contribution in [0.4, 0.5) is 0 Å². The van der Waals surface area contributed by atoms with Gasteiger partial charge in [-0.25, -0.2) is 0 Å². The van der Waals surface area contributed by atoms with E-state index in [1.807, 2.05) is 43.3 Å². The van der Waals surface area contributed by atoms with E-state index in [0.717, 1.165) is 4.91 Å². The van der Waals surface area contributed by atoms with E-state index in [1.165, 1.54) is 0 Å². The standard InChI is InChI=1S/C12H16INOS/c1-12(13)6-4-9(11(16)5-7-12)10(15)8-14(2)3/h4-7,16H,8H2,1-3H3. The molecule has 0 aromatic heterocycles. The normalized spacial score (nSPS) is 25.1. The molecule has 0 heterocycles. The van der Waals surface area contributed by atoms with Crippen molar-refractivity contribution < 1.29 is 4.79 Å². The summed E-state index contributed by atoms with van der Waals surface area (Å²) in [6.07, 6.45) is 7.84. The molecule has 0 amide bonds. The lowest BCUT2D eigenvalue weighted by atomic mass is 10.1. The molecular formula is C12H16INOS. The van der Waals surface area contributed by atoms with Gasteiger partial charge in [-0.3, -0.25) is 4.79 Å². The molecule has 0 aliphatic heterocycles. The number of thiol groups is 1. The molecule has 0 radical (unpaired) electrons. The van der Waals surface area contributed by atoms with E-state index in [1.54, 1.807) is 0 Å². The average molecular weight is 349 g/mol. The monoisotopic (exact) mass is 349 g/mol. The minimum absolute atomic E-state index is 0.0497. The van der Waals surface area contributed by atoms with E-state index in [9.17, 15) is 4.79 Å². The molecule has 2 nitrogen and oxygen atoms in total. The molecule has 1 rings (SSSR count). The van der Waals surface area contributed by atoms with Crippen molar-refractivity contribution in [3.63, 3.8) is 0 Å². The van der Waals surface area contributed by atoms with Gasteiger partial charge in [0.1, 0.15) is 0 Å². The van der Waals surface area contributed by atoms with Crippen LogP contribution in [0.15, 0.2) is 34.8 Å². The molecule has 0 fully saturated rings. The summed E-state index contributed by atoms with van der Waals surface area (Å²) in [6.45, 7) is 2.50. The molecule has 1 aliphatic rings. The molecule has 0 bridgehead atoms. The van der Waals surface area contributed by atoms with Gasteiger partial charge >= 0.3 is 0 Å². The lowest BCUT2D eigenvalue weighted by Gasteiger charge is -2.10. The van der Waals surface area contributed by atoms with Crippen LogP contribution < -0.4 is 0 Å². The molecule has 1 atom stereocenters. The Morgan fingerprint density at radius 1 is 1.44 bits per heavy atom. The maximum atomic E-state index is 11.9. The van der Waals surface area contributed by atoms with Crippen LogP contribution >= 0.6 is 35.2 Å². The second kappa shape index (κ2) is 5.51. The number of alkyl halides is 1. The Morgan fingerprint density at radius 3 is 2.56 bits per heavy atom. The van der Waals surface area contributed by atoms with Crippen LogP contribution in [-0.2, 0) is 4.79 Å². The zero-order valence-corrected chi connectivity index (χ0v) is 12.7. The van der Waals surface area contributed by atoms with E-state index in [2.05, 4.69) is 42.1 Å². The highest BCUT2D eigenvalue weighted by atomic mass is 127. The van der Waals surface area contributed by atoms with Gasteiger partial charge in [0.15, 0.2) is 5.78 Å². The Bertz CT molecular complexity index is 380. The number of carbonyl (C=O) groups excluding carboxylic acids is 1. The number of Topliss-reactive ketones (excluding diaryl/α,β-unsaturated/α-hetero) is 1. The largest absolute Gasteiger partial charge is 0.302 e. The predicted octanol–water partition coefficient (Wildman–Crippen LogP) is 2.62. The summed E-state index contributed by atoms with van der Waals surface area (Å²) < 4.78 is -0.0497. The van der Waals surface area contributed by atoms with E-state index < -0.39 is 0 Å². The second-order valence-electron chi connectivity index (χ2n) is 4.28. The van der Waals surface area contributed by atoms with Crippen molar-refractivity contribution in [3.05, 3.63) is 34.8 Å². The Kier molecular flexibility index (Phi) is 4.82. The highest BCUT2D eigenvalue weighted by molar-refractivity contribution is 14.1. The molecule has 0 aromatic carbocycles. The lowest BCUT2D eigenvalue weighted by Crippen LogP contribution is -2.22. The van der Waals surface area contributed by atoms with Gasteiger partial charge in [-0.15, -0.1) is 12.6 Å². The predicted molar refractivity (Wildman–Crippen MR) is 80.3 cm³/mol. The van der Waals surface area contributed by atoms with E-state index in [4.69, 9.17) is 0 Å². The number of carbonyl (C=O) groups is 1. The molecule has 0 N–H and O–H groups in total. The third-order valence-corrected chi connectivity index (χ3v) is 3.29. The van der Waals surface area contributed by atoms with Crippen molar-refractivity contribution in [2.75, 3.05) is 20.6 Å². The van der Waals surface area contributed by atoms with Crippen LogP contribution in [0.1, 0.15) is 6.92 Å². The van der Waals surface area contributed by atoms with Crippen LogP contribution in [0, 0.1) is 0 Å². The van der Waals surface area contributed by atoms with Gasteiger partial charge in [0, 0.05) is 10.5 Å². The number of rotatable bonds is 3. The zero-order valence-electron chi connectivity index (χ0n) is 9.70. The number of allylic oxidation sites excluding steroid dienone is 4. The fraction of sp³-hybridized carbons (Fsp3) is 0.417. The number of halogens is 1. The Labute approximate surface area is 116 Å². The molecule has 4 heteroatoms. The van der Waals surface area contributed by atoms with Crippen LogP contribution in [-0.4, -0.2) is 34.7 Å². The Balaban J connectivity index is 2.96. The Hall–Kier alpha value is -0.0700. The number of likely N-dealkylation sites (N-methyl/N-ethyl adjacent to an activating group) is 1. The fourth-order valence-corrected chi connectivity index (χ4v) is 1.96. The zero-order chi connectivity index (χ0) is 12.3. The minimum Gasteiger partial charge on any atom is -0.302 e. The first kappa shape index (κ1) is 14.0. The summed E-state index contributed by atoms with van der Waals surface area (Å²) in [5.41, 5.74) is 0.689. The van der Waals surface area contributed by atoms with Crippen molar-refractivity contribution in [3.8, 4) is 0 Å². The van der Waals surface area contributed by atoms with Gasteiger partial charge in [0.05, 0.1) is 9.97 Å². The second-order valence-corrected chi connectivity index (χ2v) is 7.08. The maximum Gasteiger partial charge on any atom is 0.177 e. The minimum atomic E-state index is -0.0497. The summed E-state index contributed by atoms with van der Waals surface area (Å²) in [5, 5.41) is 0. The van der Waals surface area contributed by atoms with E-state index in [0.29, 0.717) is 12.1 Å². The van der Waals surface area contributed by atoms with Crippen molar-refractivity contribution in [2.24, 2.45) is 0 Å². The van der Waals surface area contributed by atoms with Crippen molar-refractivity contribution in [2.45, 2.75) is 10.3 Å². The van der Waals surface area contributed by atoms with Gasteiger partial charge in [-0.2, -0.15) is 0 Å². The summed E-state index contributed by atoms with van der Waals surface area (Å²) in [4.78, 5) is 14.5. The first-order valence-corrected chi connectivity index (χ1v) is 6.53. The third-order valence-electron chi connectivity index (χ3n) is 2.18. The molecule has 16 heavy (non-hydrogen) atoms. The molecule has 0 saturated carbocycles. The molecular weight excluding hydrogens is 333 g/mol. The molecule has 1 unspecified atom stereocenters. The summed E-state index contributed by atoms with van der Waals surface area (Å²) in [6, 6.07) is 0. The van der Waals surface area contributed by atoms with Gasteiger partial charge in [-0.1, -0.05) is 46.9 Å². The number of hydrogen-bond acceptors (Lipinski definition) is 3. The van der Waals surface area contributed by atoms with E-state index in [-0.39, 0.29) is 9.20 Å². The number of hydrogen-bond donors (Lipinski definition) is 1. The molecule has 0 saturated heterocycles. The van der Waals surface area contributed by atoms with E-state index >= 15 is 0 Å². The van der Waals surface area contributed by atoms with Crippen LogP contribution in [0.2, 0.25) is 0 Å². The summed E-state index contributed by atoms with van der Waals surface area (Å²) in [5.74, 6) is 0.102. The molecule has 88 valence electrons. The van der Waals surface area contributed by atoms with Gasteiger partial charge in [0.25, 0.3) is 0 Å². The molecule has 0 spiro atoms. The first-order valence-electron chi connectivity index (χ1n) is 5.00. The summed E-state index contributed by atoms with van der Waals surface area (Å²) in [7, 11) is 3.77. The van der Waals surface area contributed by atoms with Crippen molar-refractivity contribution in [1.82, 2.24) is 4.90 Å². The van der Waals surface area contributed by atoms with Gasteiger partial charge in [0.2, 0.25) is 0 Å². The summed E-state index contributed by atoms with van der Waals surface area (Å²) >= 11 is 6.69. The molecule has 1 aliphatic carbocycles. The highest BCUT2D eigenvalue weighted by Gasteiger charge is 2.18.